The fourth-order valence-corrected chi connectivity index (χ4v) is 1.62. The summed E-state index contributed by atoms with van der Waals surface area (Å²) in [4.78, 5) is 66.0. The van der Waals surface area contributed by atoms with Crippen LogP contribution in [0.5, 0.6) is 0 Å². The van der Waals surface area contributed by atoms with Gasteiger partial charge < -0.3 is 48.4 Å². The Morgan fingerprint density at radius 1 is 0.515 bits per heavy atom. The van der Waals surface area contributed by atoms with E-state index in [-0.39, 0.29) is 5.48 Å². The average Bonchev–Trinajstić information content (AvgIpc) is 2.67. The zero-order valence-corrected chi connectivity index (χ0v) is 19.5. The van der Waals surface area contributed by atoms with E-state index in [1.807, 2.05) is 0 Å². The van der Waals surface area contributed by atoms with Gasteiger partial charge in [-0.15, -0.1) is 0 Å². The zero-order chi connectivity index (χ0) is 25.8. The number of nitrogens with one attached hydrogen (secondary N) is 4. The van der Waals surface area contributed by atoms with Gasteiger partial charge in [-0.25, -0.2) is 0 Å². The van der Waals surface area contributed by atoms with Gasteiger partial charge in [-0.1, -0.05) is 0 Å². The normalized spacial score (nSPS) is 15.3. The first-order valence-corrected chi connectivity index (χ1v) is 9.69. The van der Waals surface area contributed by atoms with Gasteiger partial charge in [0.2, 0.25) is 23.6 Å². The Bertz CT molecular complexity index is 641. The number of carboxylic acids is 2. The monoisotopic (exact) mass is 480 g/mol. The molecule has 0 radical (unpaired) electrons. The molecule has 15 heteroatoms. The minimum Gasteiger partial charge on any atom is -0.480 e. The maximum Gasteiger partial charge on any atom is 0.325 e. The molecule has 0 saturated carbocycles. The summed E-state index contributed by atoms with van der Waals surface area (Å²) in [6.45, 7) is 8.54. The van der Waals surface area contributed by atoms with Gasteiger partial charge >= 0.3 is 11.9 Å². The second-order valence-electron chi connectivity index (χ2n) is 7.17. The molecule has 12 N–H and O–H groups in total. The number of hydrogen-bond acceptors (Lipinski definition) is 8. The summed E-state index contributed by atoms with van der Waals surface area (Å²) < 4.78 is 0. The van der Waals surface area contributed by atoms with Crippen LogP contribution in [0.15, 0.2) is 0 Å². The van der Waals surface area contributed by atoms with Crippen LogP contribution < -0.4 is 32.7 Å². The number of carboxylic acid groups (broad SMARTS) is 2. The Morgan fingerprint density at radius 3 is 0.909 bits per heavy atom. The largest absolute Gasteiger partial charge is 0.480 e. The van der Waals surface area contributed by atoms with Crippen molar-refractivity contribution in [1.29, 1.82) is 0 Å². The van der Waals surface area contributed by atoms with E-state index in [1.165, 1.54) is 41.5 Å². The highest BCUT2D eigenvalue weighted by molar-refractivity contribution is 5.92. The predicted molar refractivity (Wildman–Crippen MR) is 117 cm³/mol. The third-order valence-electron chi connectivity index (χ3n) is 3.79. The van der Waals surface area contributed by atoms with Gasteiger partial charge in [-0.2, -0.15) is 0 Å². The summed E-state index contributed by atoms with van der Waals surface area (Å²) in [6.07, 6.45) is 0. The Balaban J connectivity index is -0.000000529. The smallest absolute Gasteiger partial charge is 0.325 e. The van der Waals surface area contributed by atoms with Gasteiger partial charge in [0, 0.05) is 0 Å². The molecule has 4 amide bonds. The topological polar surface area (TPSA) is 275 Å². The number of carbonyl (C=O) groups excluding carboxylic acids is 4. The van der Waals surface area contributed by atoms with Crippen molar-refractivity contribution in [3.05, 3.63) is 0 Å². The molecule has 0 aliphatic carbocycles. The molecule has 0 aromatic rings. The molecule has 0 bridgehead atoms. The number of rotatable bonds is 10. The van der Waals surface area contributed by atoms with Crippen LogP contribution in [0.3, 0.4) is 0 Å². The van der Waals surface area contributed by atoms with Crippen LogP contribution >= 0.6 is 0 Å². The van der Waals surface area contributed by atoms with E-state index < -0.39 is 71.8 Å². The molecular formula is C18H36N6O9. The van der Waals surface area contributed by atoms with Crippen molar-refractivity contribution >= 4 is 35.6 Å². The first kappa shape index (κ1) is 34.3. The van der Waals surface area contributed by atoms with Crippen LogP contribution in [-0.2, 0) is 28.8 Å². The highest BCUT2D eigenvalue weighted by Crippen LogP contribution is 1.89. The summed E-state index contributed by atoms with van der Waals surface area (Å²) >= 11 is 0. The molecule has 0 aromatic carbocycles. The van der Waals surface area contributed by atoms with Crippen molar-refractivity contribution in [2.45, 2.75) is 77.8 Å². The summed E-state index contributed by atoms with van der Waals surface area (Å²) in [5.74, 6) is -4.35. The second kappa shape index (κ2) is 16.3. The van der Waals surface area contributed by atoms with E-state index in [0.717, 1.165) is 0 Å². The molecule has 192 valence electrons. The van der Waals surface area contributed by atoms with Crippen LogP contribution in [0.2, 0.25) is 0 Å². The number of amides is 4. The number of aliphatic carboxylic acids is 2. The lowest BCUT2D eigenvalue weighted by Gasteiger charge is -2.17. The fourth-order valence-electron chi connectivity index (χ4n) is 1.62. The van der Waals surface area contributed by atoms with Crippen LogP contribution in [-0.4, -0.2) is 87.5 Å². The zero-order valence-electron chi connectivity index (χ0n) is 19.5. The van der Waals surface area contributed by atoms with Gasteiger partial charge in [0.15, 0.2) is 0 Å². The maximum atomic E-state index is 11.4. The van der Waals surface area contributed by atoms with E-state index in [9.17, 15) is 28.8 Å². The Kier molecular flexibility index (Phi) is 17.0. The molecule has 0 fully saturated rings. The molecule has 0 spiro atoms. The SMILES string of the molecule is C[C@H](N)C(=O)N[C@@H](C)C(=O)N[C@@H](C)C(=O)O.C[C@H](N)C(=O)N[C@@H](C)C(=O)N[C@@H](C)C(=O)O.O. The van der Waals surface area contributed by atoms with E-state index in [1.54, 1.807) is 0 Å². The van der Waals surface area contributed by atoms with Gasteiger partial charge in [0.1, 0.15) is 24.2 Å². The van der Waals surface area contributed by atoms with Crippen LogP contribution in [0.25, 0.3) is 0 Å². The summed E-state index contributed by atoms with van der Waals surface area (Å²) in [7, 11) is 0. The van der Waals surface area contributed by atoms with Gasteiger partial charge in [0.25, 0.3) is 0 Å². The molecular weight excluding hydrogens is 444 g/mol. The predicted octanol–water partition coefficient (Wildman–Crippen LogP) is -3.97. The molecule has 6 atom stereocenters. The lowest BCUT2D eigenvalue weighted by molar-refractivity contribution is -0.142. The van der Waals surface area contributed by atoms with Crippen molar-refractivity contribution in [3.8, 4) is 0 Å². The van der Waals surface area contributed by atoms with Crippen molar-refractivity contribution < 1.29 is 44.5 Å². The minimum atomic E-state index is -1.14. The Morgan fingerprint density at radius 2 is 0.727 bits per heavy atom. The molecule has 0 saturated heterocycles. The molecule has 15 nitrogen and oxygen atoms in total. The molecule has 33 heavy (non-hydrogen) atoms. The number of nitrogens with two attached hydrogens (primary N) is 2. The first-order chi connectivity index (χ1) is 14.5. The molecule has 0 aliphatic heterocycles. The lowest BCUT2D eigenvalue weighted by atomic mass is 10.2. The highest BCUT2D eigenvalue weighted by Gasteiger charge is 2.22. The minimum absolute atomic E-state index is 0. The number of carbonyl (C=O) groups is 6. The van der Waals surface area contributed by atoms with Crippen molar-refractivity contribution in [1.82, 2.24) is 21.3 Å². The Hall–Kier alpha value is -3.30. The van der Waals surface area contributed by atoms with Gasteiger partial charge in [0.05, 0.1) is 12.1 Å². The quantitative estimate of drug-likeness (QED) is 0.150. The van der Waals surface area contributed by atoms with E-state index in [4.69, 9.17) is 21.7 Å². The lowest BCUT2D eigenvalue weighted by Crippen LogP contribution is -2.52. The second-order valence-corrected chi connectivity index (χ2v) is 7.17. The van der Waals surface area contributed by atoms with Crippen molar-refractivity contribution in [3.63, 3.8) is 0 Å². The highest BCUT2D eigenvalue weighted by atomic mass is 16.4. The van der Waals surface area contributed by atoms with Crippen molar-refractivity contribution in [2.75, 3.05) is 0 Å². The van der Waals surface area contributed by atoms with Gasteiger partial charge in [-0.3, -0.25) is 28.8 Å². The number of hydrogen-bond donors (Lipinski definition) is 8. The van der Waals surface area contributed by atoms with Gasteiger partial charge in [-0.05, 0) is 41.5 Å². The van der Waals surface area contributed by atoms with Crippen LogP contribution in [0, 0.1) is 0 Å². The molecule has 0 heterocycles. The summed E-state index contributed by atoms with van der Waals surface area (Å²) in [5.41, 5.74) is 10.6. The molecule has 0 unspecified atom stereocenters. The van der Waals surface area contributed by atoms with E-state index in [2.05, 4.69) is 21.3 Å². The molecule has 0 aromatic heterocycles. The Labute approximate surface area is 191 Å². The summed E-state index contributed by atoms with van der Waals surface area (Å²) in [5, 5.41) is 26.3. The molecule has 0 rings (SSSR count). The third kappa shape index (κ3) is 15.2. The standard InChI is InChI=1S/2C9H17N3O4.H2O/c2*1-4(10)7(13)11-5(2)8(14)12-6(3)9(15)16;/h2*4-6H,10H2,1-3H3,(H,11,13)(H,12,14)(H,15,16);1H2/t2*4-,5-,6-;/m00./s1. The maximum absolute atomic E-state index is 11.4. The fraction of sp³-hybridized carbons (Fsp3) is 0.667. The first-order valence-electron chi connectivity index (χ1n) is 9.69. The van der Waals surface area contributed by atoms with E-state index >= 15 is 0 Å². The van der Waals surface area contributed by atoms with Crippen LogP contribution in [0.1, 0.15) is 41.5 Å². The van der Waals surface area contributed by atoms with Crippen molar-refractivity contribution in [2.24, 2.45) is 11.5 Å². The summed E-state index contributed by atoms with van der Waals surface area (Å²) in [6, 6.07) is -5.07. The average molecular weight is 481 g/mol. The molecule has 0 aliphatic rings. The third-order valence-corrected chi connectivity index (χ3v) is 3.79. The van der Waals surface area contributed by atoms with Crippen LogP contribution in [0.4, 0.5) is 0 Å². The van der Waals surface area contributed by atoms with E-state index in [0.29, 0.717) is 0 Å².